The van der Waals surface area contributed by atoms with Gasteiger partial charge in [-0.1, -0.05) is 46.9 Å². The number of hydrogen-bond donors (Lipinski definition) is 3. The third kappa shape index (κ3) is 6.48. The standard InChI is InChI=1S/C26H19Cl3N4O4/c1-14(26(35)36)32-18-7-8-22(37-23-9-6-17(27)11-31-23)19(10-18)15-2-4-16(5-3-15)25(34)33-24-20(28)12-30-13-21(24)29/h2-14,32H,1H3,(H,35,36)(H,30,33,34). The summed E-state index contributed by atoms with van der Waals surface area (Å²) in [6, 6.07) is 14.4. The van der Waals surface area contributed by atoms with E-state index >= 15 is 0 Å². The van der Waals surface area contributed by atoms with Gasteiger partial charge in [-0.3, -0.25) is 14.6 Å². The van der Waals surface area contributed by atoms with E-state index in [1.807, 2.05) is 0 Å². The Morgan fingerprint density at radius 2 is 1.65 bits per heavy atom. The highest BCUT2D eigenvalue weighted by Gasteiger charge is 2.16. The Kier molecular flexibility index (Phi) is 8.13. The molecule has 2 aromatic carbocycles. The predicted octanol–water partition coefficient (Wildman–Crippen LogP) is 7.03. The summed E-state index contributed by atoms with van der Waals surface area (Å²) in [5.74, 6) is -0.602. The zero-order chi connectivity index (χ0) is 26.5. The van der Waals surface area contributed by atoms with Gasteiger partial charge < -0.3 is 20.5 Å². The minimum absolute atomic E-state index is 0.218. The Morgan fingerprint density at radius 3 is 2.27 bits per heavy atom. The van der Waals surface area contributed by atoms with Crippen molar-refractivity contribution >= 4 is 58.1 Å². The summed E-state index contributed by atoms with van der Waals surface area (Å²) in [5, 5.41) is 15.8. The molecule has 188 valence electrons. The number of carboxylic acid groups (broad SMARTS) is 1. The van der Waals surface area contributed by atoms with E-state index in [0.29, 0.717) is 39.0 Å². The highest BCUT2D eigenvalue weighted by molar-refractivity contribution is 6.39. The Balaban J connectivity index is 1.64. The number of hydrogen-bond acceptors (Lipinski definition) is 6. The molecule has 11 heteroatoms. The summed E-state index contributed by atoms with van der Waals surface area (Å²) in [4.78, 5) is 32.1. The molecular weight excluding hydrogens is 539 g/mol. The van der Waals surface area contributed by atoms with Crippen LogP contribution in [0.5, 0.6) is 11.6 Å². The van der Waals surface area contributed by atoms with Gasteiger partial charge >= 0.3 is 5.97 Å². The largest absolute Gasteiger partial charge is 0.480 e. The zero-order valence-electron chi connectivity index (χ0n) is 19.2. The minimum atomic E-state index is -0.989. The number of aliphatic carboxylic acids is 1. The molecule has 0 fully saturated rings. The quantitative estimate of drug-likeness (QED) is 0.213. The molecule has 2 aromatic heterocycles. The first-order chi connectivity index (χ1) is 17.7. The normalized spacial score (nSPS) is 11.5. The lowest BCUT2D eigenvalue weighted by molar-refractivity contribution is -0.137. The number of rotatable bonds is 8. The van der Waals surface area contributed by atoms with E-state index in [2.05, 4.69) is 20.6 Å². The highest BCUT2D eigenvalue weighted by atomic mass is 35.5. The lowest BCUT2D eigenvalue weighted by atomic mass is 10.0. The van der Waals surface area contributed by atoms with Crippen molar-refractivity contribution in [3.8, 4) is 22.8 Å². The molecule has 0 aliphatic heterocycles. The van der Waals surface area contributed by atoms with E-state index in [9.17, 15) is 14.7 Å². The van der Waals surface area contributed by atoms with Crippen molar-refractivity contribution in [2.75, 3.05) is 10.6 Å². The molecule has 0 saturated carbocycles. The highest BCUT2D eigenvalue weighted by Crippen LogP contribution is 2.36. The smallest absolute Gasteiger partial charge is 0.325 e. The van der Waals surface area contributed by atoms with Gasteiger partial charge in [0.15, 0.2) is 0 Å². The van der Waals surface area contributed by atoms with Crippen LogP contribution in [0.15, 0.2) is 73.2 Å². The molecule has 0 aliphatic carbocycles. The minimum Gasteiger partial charge on any atom is -0.480 e. The van der Waals surface area contributed by atoms with Crippen molar-refractivity contribution in [3.63, 3.8) is 0 Å². The van der Waals surface area contributed by atoms with E-state index in [-0.39, 0.29) is 15.7 Å². The second-order valence-electron chi connectivity index (χ2n) is 7.84. The summed E-state index contributed by atoms with van der Waals surface area (Å²) in [6.07, 6.45) is 4.24. The van der Waals surface area contributed by atoms with Crippen LogP contribution in [-0.4, -0.2) is 33.0 Å². The van der Waals surface area contributed by atoms with Crippen LogP contribution in [0.25, 0.3) is 11.1 Å². The summed E-state index contributed by atoms with van der Waals surface area (Å²) >= 11 is 18.1. The van der Waals surface area contributed by atoms with Crippen molar-refractivity contribution in [1.82, 2.24) is 9.97 Å². The van der Waals surface area contributed by atoms with Gasteiger partial charge in [-0.25, -0.2) is 4.98 Å². The predicted molar refractivity (Wildman–Crippen MR) is 144 cm³/mol. The maximum atomic E-state index is 12.8. The number of pyridine rings is 2. The number of nitrogens with one attached hydrogen (secondary N) is 2. The van der Waals surface area contributed by atoms with Crippen LogP contribution in [0.1, 0.15) is 17.3 Å². The number of anilines is 2. The van der Waals surface area contributed by atoms with Crippen LogP contribution >= 0.6 is 34.8 Å². The molecule has 0 aliphatic rings. The summed E-state index contributed by atoms with van der Waals surface area (Å²) in [6.45, 7) is 1.54. The number of aromatic nitrogens is 2. The van der Waals surface area contributed by atoms with Crippen LogP contribution in [0, 0.1) is 0 Å². The number of benzene rings is 2. The van der Waals surface area contributed by atoms with Crippen LogP contribution in [0.2, 0.25) is 15.1 Å². The van der Waals surface area contributed by atoms with E-state index in [1.54, 1.807) is 61.5 Å². The average Bonchev–Trinajstić information content (AvgIpc) is 2.88. The van der Waals surface area contributed by atoms with Crippen LogP contribution < -0.4 is 15.4 Å². The first kappa shape index (κ1) is 26.2. The fourth-order valence-corrected chi connectivity index (χ4v) is 3.87. The zero-order valence-corrected chi connectivity index (χ0v) is 21.5. The number of amides is 1. The topological polar surface area (TPSA) is 113 Å². The van der Waals surface area contributed by atoms with Crippen molar-refractivity contribution in [1.29, 1.82) is 0 Å². The van der Waals surface area contributed by atoms with Crippen molar-refractivity contribution < 1.29 is 19.4 Å². The lowest BCUT2D eigenvalue weighted by Gasteiger charge is -2.16. The SMILES string of the molecule is CC(Nc1ccc(Oc2ccc(Cl)cn2)c(-c2ccc(C(=O)Nc3c(Cl)cncc3Cl)cc2)c1)C(=O)O. The Hall–Kier alpha value is -3.85. The Labute approximate surface area is 227 Å². The molecule has 4 rings (SSSR count). The number of carbonyl (C=O) groups excluding carboxylic acids is 1. The van der Waals surface area contributed by atoms with E-state index in [0.717, 1.165) is 0 Å². The molecule has 1 amide bonds. The molecule has 2 heterocycles. The monoisotopic (exact) mass is 556 g/mol. The molecule has 0 spiro atoms. The van der Waals surface area contributed by atoms with Gasteiger partial charge in [0, 0.05) is 41.5 Å². The number of carbonyl (C=O) groups is 2. The third-order valence-electron chi connectivity index (χ3n) is 5.20. The average molecular weight is 558 g/mol. The maximum absolute atomic E-state index is 12.8. The number of carboxylic acids is 1. The molecule has 4 aromatic rings. The number of halogens is 3. The maximum Gasteiger partial charge on any atom is 0.325 e. The molecular formula is C26H19Cl3N4O4. The third-order valence-corrected chi connectivity index (χ3v) is 5.99. The van der Waals surface area contributed by atoms with E-state index in [4.69, 9.17) is 39.5 Å². The summed E-state index contributed by atoms with van der Waals surface area (Å²) in [5.41, 5.74) is 2.57. The second-order valence-corrected chi connectivity index (χ2v) is 9.09. The summed E-state index contributed by atoms with van der Waals surface area (Å²) in [7, 11) is 0. The van der Waals surface area contributed by atoms with E-state index in [1.165, 1.54) is 18.6 Å². The van der Waals surface area contributed by atoms with Gasteiger partial charge in [-0.15, -0.1) is 0 Å². The molecule has 0 radical (unpaired) electrons. The van der Waals surface area contributed by atoms with Gasteiger partial charge in [-0.05, 0) is 48.9 Å². The van der Waals surface area contributed by atoms with Gasteiger partial charge in [0.1, 0.15) is 11.8 Å². The van der Waals surface area contributed by atoms with Crippen molar-refractivity contribution in [3.05, 3.63) is 93.8 Å². The first-order valence-electron chi connectivity index (χ1n) is 10.8. The Morgan fingerprint density at radius 1 is 0.946 bits per heavy atom. The molecule has 1 atom stereocenters. The summed E-state index contributed by atoms with van der Waals surface area (Å²) < 4.78 is 5.98. The molecule has 0 bridgehead atoms. The van der Waals surface area contributed by atoms with Gasteiger partial charge in [-0.2, -0.15) is 0 Å². The number of nitrogens with zero attached hydrogens (tertiary/aromatic N) is 2. The van der Waals surface area contributed by atoms with Crippen molar-refractivity contribution in [2.45, 2.75) is 13.0 Å². The first-order valence-corrected chi connectivity index (χ1v) is 12.0. The van der Waals surface area contributed by atoms with Gasteiger partial charge in [0.05, 0.1) is 20.8 Å². The second kappa shape index (κ2) is 11.5. The van der Waals surface area contributed by atoms with Gasteiger partial charge in [0.25, 0.3) is 5.91 Å². The molecule has 0 saturated heterocycles. The van der Waals surface area contributed by atoms with Crippen molar-refractivity contribution in [2.24, 2.45) is 0 Å². The van der Waals surface area contributed by atoms with Crippen LogP contribution in [0.3, 0.4) is 0 Å². The Bertz CT molecular complexity index is 1430. The van der Waals surface area contributed by atoms with Crippen LogP contribution in [-0.2, 0) is 4.79 Å². The van der Waals surface area contributed by atoms with Gasteiger partial charge in [0.2, 0.25) is 5.88 Å². The molecule has 1 unspecified atom stereocenters. The molecule has 37 heavy (non-hydrogen) atoms. The molecule has 8 nitrogen and oxygen atoms in total. The van der Waals surface area contributed by atoms with E-state index < -0.39 is 17.9 Å². The fraction of sp³-hybridized carbons (Fsp3) is 0.0769. The van der Waals surface area contributed by atoms with Crippen LogP contribution in [0.4, 0.5) is 11.4 Å². The lowest BCUT2D eigenvalue weighted by Crippen LogP contribution is -2.25. The number of ether oxygens (including phenoxy) is 1. The fourth-order valence-electron chi connectivity index (χ4n) is 3.30. The molecule has 3 N–H and O–H groups in total.